The van der Waals surface area contributed by atoms with Crippen LogP contribution in [0.25, 0.3) is 11.3 Å². The highest BCUT2D eigenvalue weighted by atomic mass is 19.4. The minimum Gasteiger partial charge on any atom is -0.350 e. The van der Waals surface area contributed by atoms with E-state index in [4.69, 9.17) is 5.10 Å². The van der Waals surface area contributed by atoms with Crippen LogP contribution in [0.1, 0.15) is 16.8 Å². The van der Waals surface area contributed by atoms with Gasteiger partial charge in [0.2, 0.25) is 5.95 Å². The number of benzene rings is 2. The van der Waals surface area contributed by atoms with Crippen molar-refractivity contribution in [3.8, 4) is 11.3 Å². The topological polar surface area (TPSA) is 55.6 Å². The highest BCUT2D eigenvalue weighted by Gasteiger charge is 2.32. The van der Waals surface area contributed by atoms with Crippen LogP contribution in [-0.4, -0.2) is 19.7 Å². The van der Waals surface area contributed by atoms with E-state index < -0.39 is 11.9 Å². The van der Waals surface area contributed by atoms with Crippen LogP contribution in [0.4, 0.5) is 19.1 Å². The number of halogens is 3. The molecule has 0 unspecified atom stereocenters. The monoisotopic (exact) mass is 409 g/mol. The Hall–Kier alpha value is -3.68. The van der Waals surface area contributed by atoms with Gasteiger partial charge in [0.05, 0.1) is 12.2 Å². The van der Waals surface area contributed by atoms with Crippen molar-refractivity contribution in [1.29, 1.82) is 0 Å². The van der Waals surface area contributed by atoms with Gasteiger partial charge in [-0.2, -0.15) is 18.3 Å². The summed E-state index contributed by atoms with van der Waals surface area (Å²) in [4.78, 5) is 7.46. The summed E-state index contributed by atoms with van der Waals surface area (Å²) in [6.45, 7) is 0.820. The van der Waals surface area contributed by atoms with Gasteiger partial charge in [-0.15, -0.1) is 0 Å². The molecule has 2 aromatic carbocycles. The Morgan fingerprint density at radius 1 is 0.900 bits per heavy atom. The van der Waals surface area contributed by atoms with E-state index in [1.165, 1.54) is 0 Å². The number of hydrogen-bond acceptors (Lipinski definition) is 4. The molecule has 1 N–H and O–H groups in total. The quantitative estimate of drug-likeness (QED) is 0.486. The van der Waals surface area contributed by atoms with Gasteiger partial charge in [0.15, 0.2) is 0 Å². The summed E-state index contributed by atoms with van der Waals surface area (Å²) in [6.07, 6.45) is -1.54. The van der Waals surface area contributed by atoms with Crippen molar-refractivity contribution in [2.45, 2.75) is 19.3 Å². The van der Waals surface area contributed by atoms with E-state index in [0.717, 1.165) is 34.6 Å². The SMILES string of the molecule is FC(F)(F)c1ccnc(NCc2cn(Cc3ccccc3)nc2-c2ccccc2)n1. The minimum atomic E-state index is -4.52. The average molecular weight is 409 g/mol. The molecule has 0 bridgehead atoms. The highest BCUT2D eigenvalue weighted by molar-refractivity contribution is 5.63. The van der Waals surface area contributed by atoms with Crippen LogP contribution >= 0.6 is 0 Å². The lowest BCUT2D eigenvalue weighted by Gasteiger charge is -2.08. The lowest BCUT2D eigenvalue weighted by Crippen LogP contribution is -2.11. The number of rotatable bonds is 6. The summed E-state index contributed by atoms with van der Waals surface area (Å²) in [5, 5.41) is 7.59. The lowest BCUT2D eigenvalue weighted by atomic mass is 10.1. The second kappa shape index (κ2) is 8.36. The summed E-state index contributed by atoms with van der Waals surface area (Å²) >= 11 is 0. The highest BCUT2D eigenvalue weighted by Crippen LogP contribution is 2.28. The number of anilines is 1. The van der Waals surface area contributed by atoms with Crippen molar-refractivity contribution >= 4 is 5.95 Å². The second-order valence-corrected chi connectivity index (χ2v) is 6.67. The molecule has 0 spiro atoms. The van der Waals surface area contributed by atoms with Gasteiger partial charge in [0.1, 0.15) is 5.69 Å². The second-order valence-electron chi connectivity index (χ2n) is 6.67. The standard InChI is InChI=1S/C22H18F3N5/c23-22(24,25)19-11-12-26-21(28-19)27-13-18-15-30(14-16-7-3-1-4-8-16)29-20(18)17-9-5-2-6-10-17/h1-12,15H,13-14H2,(H,26,27,28). The van der Waals surface area contributed by atoms with Crippen LogP contribution in [-0.2, 0) is 19.3 Å². The van der Waals surface area contributed by atoms with Crippen molar-refractivity contribution in [1.82, 2.24) is 19.7 Å². The largest absolute Gasteiger partial charge is 0.433 e. The predicted molar refractivity (Wildman–Crippen MR) is 108 cm³/mol. The maximum absolute atomic E-state index is 12.9. The summed E-state index contributed by atoms with van der Waals surface area (Å²) in [7, 11) is 0. The number of nitrogens with zero attached hydrogens (tertiary/aromatic N) is 4. The van der Waals surface area contributed by atoms with Crippen LogP contribution in [0.3, 0.4) is 0 Å². The summed E-state index contributed by atoms with van der Waals surface area (Å²) in [6, 6.07) is 20.4. The Labute approximate surface area is 171 Å². The first-order valence-electron chi connectivity index (χ1n) is 9.29. The number of aromatic nitrogens is 4. The van der Waals surface area contributed by atoms with Crippen molar-refractivity contribution < 1.29 is 13.2 Å². The maximum atomic E-state index is 12.9. The van der Waals surface area contributed by atoms with Gasteiger partial charge in [-0.05, 0) is 11.6 Å². The van der Waals surface area contributed by atoms with Gasteiger partial charge in [0.25, 0.3) is 0 Å². The Balaban J connectivity index is 1.60. The van der Waals surface area contributed by atoms with E-state index in [9.17, 15) is 13.2 Å². The molecular formula is C22H18F3N5. The molecule has 0 saturated heterocycles. The third kappa shape index (κ3) is 4.65. The third-order valence-electron chi connectivity index (χ3n) is 4.46. The van der Waals surface area contributed by atoms with Crippen LogP contribution in [0.2, 0.25) is 0 Å². The molecule has 0 atom stereocenters. The summed E-state index contributed by atoms with van der Waals surface area (Å²) < 4.78 is 40.5. The molecule has 4 aromatic rings. The Kier molecular flexibility index (Phi) is 5.47. The summed E-state index contributed by atoms with van der Waals surface area (Å²) in [5.41, 5.74) is 2.62. The molecule has 2 aromatic heterocycles. The zero-order chi connectivity index (χ0) is 21.0. The molecule has 152 valence electrons. The van der Waals surface area contributed by atoms with E-state index >= 15 is 0 Å². The van der Waals surface area contributed by atoms with Crippen molar-refractivity contribution in [3.05, 3.63) is 95.9 Å². The number of hydrogen-bond donors (Lipinski definition) is 1. The van der Waals surface area contributed by atoms with Crippen molar-refractivity contribution in [3.63, 3.8) is 0 Å². The Morgan fingerprint density at radius 3 is 2.30 bits per heavy atom. The molecular weight excluding hydrogens is 391 g/mol. The molecule has 0 aliphatic heterocycles. The van der Waals surface area contributed by atoms with Crippen molar-refractivity contribution in [2.75, 3.05) is 5.32 Å². The lowest BCUT2D eigenvalue weighted by molar-refractivity contribution is -0.141. The fraction of sp³-hybridized carbons (Fsp3) is 0.136. The van der Waals surface area contributed by atoms with E-state index in [1.807, 2.05) is 71.5 Å². The van der Waals surface area contributed by atoms with Crippen LogP contribution in [0.15, 0.2) is 79.1 Å². The van der Waals surface area contributed by atoms with E-state index in [1.54, 1.807) is 0 Å². The first kappa shape index (κ1) is 19.6. The van der Waals surface area contributed by atoms with Gasteiger partial charge in [-0.3, -0.25) is 4.68 Å². The smallest absolute Gasteiger partial charge is 0.350 e. The predicted octanol–water partition coefficient (Wildman–Crippen LogP) is 5.02. The zero-order valence-corrected chi connectivity index (χ0v) is 15.8. The molecule has 0 radical (unpaired) electrons. The van der Waals surface area contributed by atoms with E-state index in [0.29, 0.717) is 6.54 Å². The van der Waals surface area contributed by atoms with Gasteiger partial charge < -0.3 is 5.32 Å². The number of nitrogens with one attached hydrogen (secondary N) is 1. The van der Waals surface area contributed by atoms with E-state index in [2.05, 4.69) is 15.3 Å². The molecule has 8 heteroatoms. The first-order valence-corrected chi connectivity index (χ1v) is 9.29. The molecule has 0 fully saturated rings. The molecule has 2 heterocycles. The minimum absolute atomic E-state index is 0.0837. The maximum Gasteiger partial charge on any atom is 0.433 e. The van der Waals surface area contributed by atoms with Crippen LogP contribution in [0.5, 0.6) is 0 Å². The molecule has 4 rings (SSSR count). The molecule has 30 heavy (non-hydrogen) atoms. The first-order chi connectivity index (χ1) is 14.5. The third-order valence-corrected chi connectivity index (χ3v) is 4.46. The van der Waals surface area contributed by atoms with Crippen LogP contribution in [0, 0.1) is 0 Å². The fourth-order valence-electron chi connectivity index (χ4n) is 3.06. The van der Waals surface area contributed by atoms with Gasteiger partial charge in [0, 0.05) is 30.1 Å². The average Bonchev–Trinajstić information content (AvgIpc) is 3.16. The molecule has 5 nitrogen and oxygen atoms in total. The number of alkyl halides is 3. The van der Waals surface area contributed by atoms with Crippen LogP contribution < -0.4 is 5.32 Å². The molecule has 0 aliphatic rings. The Morgan fingerprint density at radius 2 is 1.60 bits per heavy atom. The summed E-state index contributed by atoms with van der Waals surface area (Å²) in [5.74, 6) is -0.0837. The van der Waals surface area contributed by atoms with Gasteiger partial charge >= 0.3 is 6.18 Å². The van der Waals surface area contributed by atoms with Gasteiger partial charge in [-0.25, -0.2) is 9.97 Å². The molecule has 0 saturated carbocycles. The van der Waals surface area contributed by atoms with Gasteiger partial charge in [-0.1, -0.05) is 60.7 Å². The fourth-order valence-corrected chi connectivity index (χ4v) is 3.06. The molecule has 0 aliphatic carbocycles. The van der Waals surface area contributed by atoms with Crippen molar-refractivity contribution in [2.24, 2.45) is 0 Å². The Bertz CT molecular complexity index is 1110. The molecule has 0 amide bonds. The van der Waals surface area contributed by atoms with E-state index in [-0.39, 0.29) is 12.5 Å². The normalized spacial score (nSPS) is 11.4. The zero-order valence-electron chi connectivity index (χ0n) is 15.8.